The van der Waals surface area contributed by atoms with Gasteiger partial charge in [0, 0.05) is 7.05 Å². The maximum Gasteiger partial charge on any atom is 0.0592 e. The average Bonchev–Trinajstić information content (AvgIpc) is 1.68. The van der Waals surface area contributed by atoms with Crippen molar-refractivity contribution >= 4 is 0 Å². The molecule has 0 aliphatic rings. The van der Waals surface area contributed by atoms with Gasteiger partial charge in [-0.2, -0.15) is 0 Å². The van der Waals surface area contributed by atoms with Gasteiger partial charge in [0.25, 0.3) is 0 Å². The van der Waals surface area contributed by atoms with E-state index < -0.39 is 0 Å². The fourth-order valence-electron chi connectivity index (χ4n) is 0.166. The molecular formula is C3H10N2O2. The van der Waals surface area contributed by atoms with Gasteiger partial charge in [0.05, 0.1) is 14.2 Å². The summed E-state index contributed by atoms with van der Waals surface area (Å²) in [6.07, 6.45) is 0. The molecule has 0 bridgehead atoms. The Kier molecular flexibility index (Phi) is 3.92. The molecule has 0 aromatic heterocycles. The Labute approximate surface area is 42.9 Å². The van der Waals surface area contributed by atoms with E-state index in [2.05, 4.69) is 15.3 Å². The predicted molar refractivity (Wildman–Crippen MR) is 24.9 cm³/mol. The van der Waals surface area contributed by atoms with Gasteiger partial charge in [-0.25, -0.2) is 0 Å². The molecule has 0 fully saturated rings. The van der Waals surface area contributed by atoms with Crippen LogP contribution in [0, 0.1) is 0 Å². The molecule has 4 nitrogen and oxygen atoms in total. The van der Waals surface area contributed by atoms with Crippen molar-refractivity contribution in [2.75, 3.05) is 21.3 Å². The third-order valence-electron chi connectivity index (χ3n) is 0.494. The van der Waals surface area contributed by atoms with Crippen LogP contribution in [0.2, 0.25) is 0 Å². The lowest BCUT2D eigenvalue weighted by molar-refractivity contribution is -0.232. The monoisotopic (exact) mass is 106 g/mol. The van der Waals surface area contributed by atoms with E-state index in [4.69, 9.17) is 0 Å². The number of hydrazine groups is 1. The fraction of sp³-hybridized carbons (Fsp3) is 1.00. The first-order chi connectivity index (χ1) is 3.31. The van der Waals surface area contributed by atoms with Gasteiger partial charge in [0.15, 0.2) is 0 Å². The summed E-state index contributed by atoms with van der Waals surface area (Å²) in [6.45, 7) is 0. The van der Waals surface area contributed by atoms with Crippen LogP contribution >= 0.6 is 0 Å². The second-order valence-electron chi connectivity index (χ2n) is 0.975. The Morgan fingerprint density at radius 2 is 2.00 bits per heavy atom. The number of hydroxylamine groups is 1. The van der Waals surface area contributed by atoms with Crippen LogP contribution in [-0.4, -0.2) is 26.4 Å². The van der Waals surface area contributed by atoms with Gasteiger partial charge in [-0.1, -0.05) is 0 Å². The first kappa shape index (κ1) is 6.84. The smallest absolute Gasteiger partial charge is 0.0592 e. The van der Waals surface area contributed by atoms with Crippen molar-refractivity contribution in [3.63, 3.8) is 0 Å². The Hall–Kier alpha value is -0.160. The summed E-state index contributed by atoms with van der Waals surface area (Å²) < 4.78 is 0. The second kappa shape index (κ2) is 4.01. The maximum atomic E-state index is 4.59. The second-order valence-corrected chi connectivity index (χ2v) is 0.975. The summed E-state index contributed by atoms with van der Waals surface area (Å²) in [5.41, 5.74) is 2.41. The third kappa shape index (κ3) is 3.68. The highest BCUT2D eigenvalue weighted by molar-refractivity contribution is 3.95. The fourth-order valence-corrected chi connectivity index (χ4v) is 0.166. The summed E-state index contributed by atoms with van der Waals surface area (Å²) >= 11 is 0. The number of rotatable bonds is 3. The standard InChI is InChI=1S/C3H10N2O2/c1-5(7-3)4-6-2/h4H,1-3H3. The summed E-state index contributed by atoms with van der Waals surface area (Å²) in [5, 5.41) is 1.33. The minimum atomic E-state index is 1.33. The van der Waals surface area contributed by atoms with Crippen molar-refractivity contribution in [2.45, 2.75) is 0 Å². The van der Waals surface area contributed by atoms with E-state index in [0.29, 0.717) is 0 Å². The minimum Gasteiger partial charge on any atom is -0.288 e. The molecule has 0 aromatic carbocycles. The first-order valence-corrected chi connectivity index (χ1v) is 1.87. The van der Waals surface area contributed by atoms with Crippen molar-refractivity contribution in [1.29, 1.82) is 0 Å². The Balaban J connectivity index is 2.83. The highest BCUT2D eigenvalue weighted by Gasteiger charge is 1.85. The zero-order valence-electron chi connectivity index (χ0n) is 4.76. The molecule has 0 saturated heterocycles. The Bertz CT molecular complexity index is 41.9. The summed E-state index contributed by atoms with van der Waals surface area (Å²) in [5.74, 6) is 0. The minimum absolute atomic E-state index is 1.33. The summed E-state index contributed by atoms with van der Waals surface area (Å²) in [7, 11) is 4.73. The van der Waals surface area contributed by atoms with Gasteiger partial charge in [-0.3, -0.25) is 9.68 Å². The number of hydrogen-bond acceptors (Lipinski definition) is 4. The first-order valence-electron chi connectivity index (χ1n) is 1.87. The molecule has 0 aliphatic carbocycles. The molecule has 0 aromatic rings. The topological polar surface area (TPSA) is 33.7 Å². The average molecular weight is 106 g/mol. The van der Waals surface area contributed by atoms with Crippen molar-refractivity contribution < 1.29 is 9.68 Å². The van der Waals surface area contributed by atoms with Gasteiger partial charge >= 0.3 is 0 Å². The lowest BCUT2D eigenvalue weighted by Crippen LogP contribution is -2.31. The lowest BCUT2D eigenvalue weighted by atomic mass is 11.4. The van der Waals surface area contributed by atoms with E-state index in [1.165, 1.54) is 19.4 Å². The van der Waals surface area contributed by atoms with E-state index in [0.717, 1.165) is 0 Å². The summed E-state index contributed by atoms with van der Waals surface area (Å²) in [4.78, 5) is 9.03. The predicted octanol–water partition coefficient (Wildman–Crippen LogP) is -0.454. The zero-order valence-corrected chi connectivity index (χ0v) is 4.76. The Morgan fingerprint density at radius 3 is 2.14 bits per heavy atom. The molecule has 0 amide bonds. The van der Waals surface area contributed by atoms with Gasteiger partial charge in [-0.05, 0) is 0 Å². The largest absolute Gasteiger partial charge is 0.288 e. The zero-order chi connectivity index (χ0) is 5.70. The highest BCUT2D eigenvalue weighted by Crippen LogP contribution is 1.68. The molecule has 0 aliphatic heterocycles. The third-order valence-corrected chi connectivity index (χ3v) is 0.494. The van der Waals surface area contributed by atoms with Crippen LogP contribution < -0.4 is 5.59 Å². The van der Waals surface area contributed by atoms with Crippen LogP contribution in [0.3, 0.4) is 0 Å². The van der Waals surface area contributed by atoms with Gasteiger partial charge in [0.1, 0.15) is 0 Å². The van der Waals surface area contributed by atoms with E-state index in [1.54, 1.807) is 7.05 Å². The molecule has 0 radical (unpaired) electrons. The molecule has 0 saturated carbocycles. The highest BCUT2D eigenvalue weighted by atomic mass is 16.8. The summed E-state index contributed by atoms with van der Waals surface area (Å²) in [6, 6.07) is 0. The van der Waals surface area contributed by atoms with Gasteiger partial charge in [-0.15, -0.1) is 10.8 Å². The number of nitrogens with zero attached hydrogens (tertiary/aromatic N) is 1. The molecule has 0 unspecified atom stereocenters. The lowest BCUT2D eigenvalue weighted by Gasteiger charge is -2.10. The molecule has 0 rings (SSSR count). The van der Waals surface area contributed by atoms with Gasteiger partial charge < -0.3 is 0 Å². The normalized spacial score (nSPS) is 10.3. The SMILES string of the molecule is CONN(C)OC. The maximum absolute atomic E-state index is 4.59. The Morgan fingerprint density at radius 1 is 1.43 bits per heavy atom. The molecular weight excluding hydrogens is 96.0 g/mol. The van der Waals surface area contributed by atoms with E-state index in [1.807, 2.05) is 0 Å². The molecule has 0 heterocycles. The van der Waals surface area contributed by atoms with Crippen molar-refractivity contribution in [2.24, 2.45) is 0 Å². The van der Waals surface area contributed by atoms with Crippen molar-refractivity contribution in [3.8, 4) is 0 Å². The van der Waals surface area contributed by atoms with Crippen LogP contribution in [0.5, 0.6) is 0 Å². The molecule has 7 heavy (non-hydrogen) atoms. The molecule has 0 spiro atoms. The number of hydrogen-bond donors (Lipinski definition) is 1. The van der Waals surface area contributed by atoms with Crippen molar-refractivity contribution in [1.82, 2.24) is 10.8 Å². The van der Waals surface area contributed by atoms with Crippen LogP contribution in [-0.2, 0) is 9.68 Å². The van der Waals surface area contributed by atoms with Crippen molar-refractivity contribution in [3.05, 3.63) is 0 Å². The van der Waals surface area contributed by atoms with Crippen LogP contribution in [0.1, 0.15) is 0 Å². The molecule has 44 valence electrons. The van der Waals surface area contributed by atoms with E-state index in [9.17, 15) is 0 Å². The van der Waals surface area contributed by atoms with Crippen LogP contribution in [0.4, 0.5) is 0 Å². The molecule has 4 heteroatoms. The molecule has 0 atom stereocenters. The van der Waals surface area contributed by atoms with E-state index in [-0.39, 0.29) is 0 Å². The van der Waals surface area contributed by atoms with Crippen LogP contribution in [0.15, 0.2) is 0 Å². The van der Waals surface area contributed by atoms with Crippen LogP contribution in [0.25, 0.3) is 0 Å². The van der Waals surface area contributed by atoms with E-state index >= 15 is 0 Å². The van der Waals surface area contributed by atoms with Gasteiger partial charge in [0.2, 0.25) is 0 Å². The molecule has 1 N–H and O–H groups in total. The quantitative estimate of drug-likeness (QED) is 0.494. The number of nitrogens with one attached hydrogen (secondary N) is 1.